The van der Waals surface area contributed by atoms with E-state index in [1.54, 1.807) is 0 Å². The molecular weight excluding hydrogens is 252 g/mol. The third-order valence-corrected chi connectivity index (χ3v) is 5.13. The molecule has 3 heteroatoms. The van der Waals surface area contributed by atoms with Gasteiger partial charge in [-0.25, -0.2) is 4.98 Å². The SMILES string of the molecule is CCc1nc(C2Cc3ccccc3C2)sc1CNC. The summed E-state index contributed by atoms with van der Waals surface area (Å²) in [6.45, 7) is 3.14. The first-order valence-electron chi connectivity index (χ1n) is 7.01. The van der Waals surface area contributed by atoms with E-state index in [0.29, 0.717) is 5.92 Å². The molecule has 0 fully saturated rings. The second-order valence-corrected chi connectivity index (χ2v) is 6.29. The topological polar surface area (TPSA) is 24.9 Å². The van der Waals surface area contributed by atoms with E-state index in [1.807, 2.05) is 18.4 Å². The quantitative estimate of drug-likeness (QED) is 0.923. The van der Waals surface area contributed by atoms with Crippen molar-refractivity contribution < 1.29 is 0 Å². The van der Waals surface area contributed by atoms with Gasteiger partial charge in [-0.2, -0.15) is 0 Å². The van der Waals surface area contributed by atoms with Crippen molar-refractivity contribution in [1.29, 1.82) is 0 Å². The second-order valence-electron chi connectivity index (χ2n) is 5.18. The van der Waals surface area contributed by atoms with Crippen LogP contribution in [0.1, 0.15) is 39.5 Å². The zero-order valence-electron chi connectivity index (χ0n) is 11.6. The lowest BCUT2D eigenvalue weighted by Gasteiger charge is -2.03. The molecule has 100 valence electrons. The van der Waals surface area contributed by atoms with E-state index in [0.717, 1.165) is 25.8 Å². The highest BCUT2D eigenvalue weighted by atomic mass is 32.1. The molecule has 0 aliphatic heterocycles. The fourth-order valence-electron chi connectivity index (χ4n) is 2.89. The van der Waals surface area contributed by atoms with Gasteiger partial charge < -0.3 is 5.32 Å². The van der Waals surface area contributed by atoms with Crippen LogP contribution in [0.15, 0.2) is 24.3 Å². The Hall–Kier alpha value is -1.19. The first-order valence-corrected chi connectivity index (χ1v) is 7.83. The highest BCUT2D eigenvalue weighted by Crippen LogP contribution is 2.36. The zero-order chi connectivity index (χ0) is 13.2. The van der Waals surface area contributed by atoms with Crippen LogP contribution < -0.4 is 5.32 Å². The molecule has 0 radical (unpaired) electrons. The fourth-order valence-corrected chi connectivity index (χ4v) is 4.15. The number of nitrogens with one attached hydrogen (secondary N) is 1. The molecule has 0 unspecified atom stereocenters. The fraction of sp³-hybridized carbons (Fsp3) is 0.438. The van der Waals surface area contributed by atoms with Gasteiger partial charge in [0.2, 0.25) is 0 Å². The molecule has 1 N–H and O–H groups in total. The van der Waals surface area contributed by atoms with E-state index in [-0.39, 0.29) is 0 Å². The van der Waals surface area contributed by atoms with Gasteiger partial charge in [-0.3, -0.25) is 0 Å². The van der Waals surface area contributed by atoms with Crippen LogP contribution in [0.4, 0.5) is 0 Å². The van der Waals surface area contributed by atoms with Crippen LogP contribution in [0.3, 0.4) is 0 Å². The average molecular weight is 272 g/mol. The smallest absolute Gasteiger partial charge is 0.0969 e. The van der Waals surface area contributed by atoms with Gasteiger partial charge in [-0.1, -0.05) is 31.2 Å². The minimum absolute atomic E-state index is 0.596. The van der Waals surface area contributed by atoms with E-state index in [2.05, 4.69) is 36.5 Å². The molecule has 1 aliphatic rings. The number of thiazole rings is 1. The lowest BCUT2D eigenvalue weighted by atomic mass is 10.1. The summed E-state index contributed by atoms with van der Waals surface area (Å²) < 4.78 is 0. The molecule has 0 atom stereocenters. The summed E-state index contributed by atoms with van der Waals surface area (Å²) in [7, 11) is 2.00. The molecule has 1 aromatic carbocycles. The van der Waals surface area contributed by atoms with E-state index in [4.69, 9.17) is 4.98 Å². The molecule has 0 bridgehead atoms. The molecule has 2 aromatic rings. The Labute approximate surface area is 118 Å². The number of benzene rings is 1. The normalized spacial score (nSPS) is 14.8. The van der Waals surface area contributed by atoms with Crippen LogP contribution in [0.5, 0.6) is 0 Å². The first-order chi connectivity index (χ1) is 9.31. The Kier molecular flexibility index (Phi) is 3.67. The number of aryl methyl sites for hydroxylation is 1. The monoisotopic (exact) mass is 272 g/mol. The van der Waals surface area contributed by atoms with Gasteiger partial charge in [0.15, 0.2) is 0 Å². The van der Waals surface area contributed by atoms with Crippen molar-refractivity contribution >= 4 is 11.3 Å². The maximum atomic E-state index is 4.89. The second kappa shape index (κ2) is 5.43. The Morgan fingerprint density at radius 3 is 2.53 bits per heavy atom. The molecule has 0 saturated heterocycles. The van der Waals surface area contributed by atoms with E-state index >= 15 is 0 Å². The third kappa shape index (κ3) is 2.45. The third-order valence-electron chi connectivity index (χ3n) is 3.87. The van der Waals surface area contributed by atoms with Gasteiger partial charge in [-0.15, -0.1) is 11.3 Å². The van der Waals surface area contributed by atoms with Crippen molar-refractivity contribution in [2.24, 2.45) is 0 Å². The van der Waals surface area contributed by atoms with Gasteiger partial charge in [0, 0.05) is 17.3 Å². The lowest BCUT2D eigenvalue weighted by molar-refractivity contribution is 0.728. The average Bonchev–Trinajstić information content (AvgIpc) is 3.02. The van der Waals surface area contributed by atoms with Crippen molar-refractivity contribution in [2.75, 3.05) is 7.05 Å². The van der Waals surface area contributed by atoms with E-state index in [1.165, 1.54) is 26.7 Å². The minimum Gasteiger partial charge on any atom is -0.315 e. The lowest BCUT2D eigenvalue weighted by Crippen LogP contribution is -2.05. The Morgan fingerprint density at radius 2 is 1.95 bits per heavy atom. The van der Waals surface area contributed by atoms with E-state index in [9.17, 15) is 0 Å². The first kappa shape index (κ1) is 12.8. The molecule has 2 nitrogen and oxygen atoms in total. The van der Waals surface area contributed by atoms with Crippen molar-refractivity contribution in [3.8, 4) is 0 Å². The van der Waals surface area contributed by atoms with Gasteiger partial charge in [0.25, 0.3) is 0 Å². The van der Waals surface area contributed by atoms with Gasteiger partial charge in [-0.05, 0) is 37.4 Å². The standard InChI is InChI=1S/C16H20N2S/c1-3-14-15(10-17-2)19-16(18-14)13-8-11-6-4-5-7-12(11)9-13/h4-7,13,17H,3,8-10H2,1-2H3. The van der Waals surface area contributed by atoms with Gasteiger partial charge >= 0.3 is 0 Å². The predicted octanol–water partition coefficient (Wildman–Crippen LogP) is 3.31. The summed E-state index contributed by atoms with van der Waals surface area (Å²) in [5.74, 6) is 0.596. The minimum atomic E-state index is 0.596. The molecule has 0 amide bonds. The summed E-state index contributed by atoms with van der Waals surface area (Å²) in [6, 6.07) is 8.82. The van der Waals surface area contributed by atoms with Crippen LogP contribution in [0.25, 0.3) is 0 Å². The van der Waals surface area contributed by atoms with Crippen LogP contribution in [0, 0.1) is 0 Å². The molecule has 0 saturated carbocycles. The molecule has 1 aliphatic carbocycles. The number of nitrogens with zero attached hydrogens (tertiary/aromatic N) is 1. The molecule has 3 rings (SSSR count). The van der Waals surface area contributed by atoms with Gasteiger partial charge in [0.1, 0.15) is 0 Å². The maximum absolute atomic E-state index is 4.89. The highest BCUT2D eigenvalue weighted by molar-refractivity contribution is 7.11. The van der Waals surface area contributed by atoms with Crippen LogP contribution >= 0.6 is 11.3 Å². The summed E-state index contributed by atoms with van der Waals surface area (Å²) in [6.07, 6.45) is 3.35. The summed E-state index contributed by atoms with van der Waals surface area (Å²) in [4.78, 5) is 6.30. The number of hydrogen-bond acceptors (Lipinski definition) is 3. The van der Waals surface area contributed by atoms with Crippen LogP contribution in [0.2, 0.25) is 0 Å². The Morgan fingerprint density at radius 1 is 1.26 bits per heavy atom. The largest absolute Gasteiger partial charge is 0.315 e. The van der Waals surface area contributed by atoms with Crippen molar-refractivity contribution in [3.05, 3.63) is 51.0 Å². The van der Waals surface area contributed by atoms with E-state index < -0.39 is 0 Å². The zero-order valence-corrected chi connectivity index (χ0v) is 12.4. The molecule has 1 heterocycles. The van der Waals surface area contributed by atoms with Crippen LogP contribution in [-0.4, -0.2) is 12.0 Å². The van der Waals surface area contributed by atoms with Crippen molar-refractivity contribution in [3.63, 3.8) is 0 Å². The Balaban J connectivity index is 1.85. The molecular formula is C16H20N2S. The number of rotatable bonds is 4. The van der Waals surface area contributed by atoms with Gasteiger partial charge in [0.05, 0.1) is 10.7 Å². The molecule has 0 spiro atoms. The maximum Gasteiger partial charge on any atom is 0.0969 e. The van der Waals surface area contributed by atoms with Crippen molar-refractivity contribution in [2.45, 2.75) is 38.6 Å². The predicted molar refractivity (Wildman–Crippen MR) is 80.8 cm³/mol. The number of hydrogen-bond donors (Lipinski definition) is 1. The summed E-state index contributed by atoms with van der Waals surface area (Å²) in [5, 5.41) is 4.58. The number of fused-ring (bicyclic) bond motifs is 1. The summed E-state index contributed by atoms with van der Waals surface area (Å²) in [5.41, 5.74) is 4.30. The number of aromatic nitrogens is 1. The molecule has 19 heavy (non-hydrogen) atoms. The van der Waals surface area contributed by atoms with Crippen molar-refractivity contribution in [1.82, 2.24) is 10.3 Å². The highest BCUT2D eigenvalue weighted by Gasteiger charge is 2.25. The molecule has 1 aromatic heterocycles. The summed E-state index contributed by atoms with van der Waals surface area (Å²) >= 11 is 1.90. The Bertz CT molecular complexity index is 549. The van der Waals surface area contributed by atoms with Crippen LogP contribution in [-0.2, 0) is 25.8 Å².